The van der Waals surface area contributed by atoms with Crippen molar-refractivity contribution in [2.75, 3.05) is 27.9 Å². The van der Waals surface area contributed by atoms with Crippen LogP contribution in [0.2, 0.25) is 0 Å². The van der Waals surface area contributed by atoms with Crippen LogP contribution >= 0.6 is 0 Å². The smallest absolute Gasteiger partial charge is 0.329 e. The molecule has 15 atom stereocenters. The van der Waals surface area contributed by atoms with E-state index in [0.29, 0.717) is 63.4 Å². The lowest BCUT2D eigenvalue weighted by atomic mass is 9.78. The van der Waals surface area contributed by atoms with Crippen molar-refractivity contribution < 1.29 is 63.0 Å². The van der Waals surface area contributed by atoms with Crippen molar-refractivity contribution in [3.8, 4) is 0 Å². The van der Waals surface area contributed by atoms with Gasteiger partial charge in [0, 0.05) is 58.5 Å². The van der Waals surface area contributed by atoms with Gasteiger partial charge in [0.1, 0.15) is 30.1 Å². The van der Waals surface area contributed by atoms with Crippen LogP contribution in [0.15, 0.2) is 47.6 Å². The van der Waals surface area contributed by atoms with Crippen LogP contribution in [-0.2, 0) is 47.7 Å². The minimum Gasteiger partial charge on any atom is -0.460 e. The molecule has 2 saturated heterocycles. The molecule has 3 fully saturated rings. The Bertz CT molecular complexity index is 1760. The summed E-state index contributed by atoms with van der Waals surface area (Å²) in [4.78, 5) is 71.8. The number of hydrogen-bond acceptors (Lipinski definition) is 13. The topological polar surface area (TPSA) is 195 Å². The van der Waals surface area contributed by atoms with Crippen LogP contribution in [-0.4, -0.2) is 132 Å². The second kappa shape index (κ2) is 25.1. The molecule has 0 aromatic rings. The third kappa shape index (κ3) is 14.3. The van der Waals surface area contributed by atoms with E-state index < -0.39 is 83.9 Å². The number of amides is 1. The first-order valence-corrected chi connectivity index (χ1v) is 23.9. The molecule has 0 aromatic carbocycles. The van der Waals surface area contributed by atoms with Gasteiger partial charge in [0.15, 0.2) is 5.78 Å². The van der Waals surface area contributed by atoms with Crippen LogP contribution in [0.3, 0.4) is 0 Å². The summed E-state index contributed by atoms with van der Waals surface area (Å²) in [6.07, 6.45) is 11.2. The minimum absolute atomic E-state index is 0.0193. The number of hydrogen-bond donors (Lipinski definition) is 3. The number of cyclic esters (lactones) is 1. The van der Waals surface area contributed by atoms with E-state index in [9.17, 15) is 39.3 Å². The number of nitrogens with zero attached hydrogens (tertiary/aromatic N) is 1. The monoisotopic (exact) mass is 914 g/mol. The Kier molecular flexibility index (Phi) is 21.0. The van der Waals surface area contributed by atoms with Gasteiger partial charge in [-0.1, -0.05) is 71.1 Å². The first kappa shape index (κ1) is 54.2. The highest BCUT2D eigenvalue weighted by atomic mass is 16.6. The van der Waals surface area contributed by atoms with Gasteiger partial charge >= 0.3 is 5.97 Å². The molecule has 3 N–H and O–H groups in total. The molecule has 65 heavy (non-hydrogen) atoms. The van der Waals surface area contributed by atoms with Crippen molar-refractivity contribution in [3.63, 3.8) is 0 Å². The van der Waals surface area contributed by atoms with Crippen LogP contribution < -0.4 is 0 Å². The fraction of sp³-hybridized carbons (Fsp3) is 0.745. The maximum absolute atomic E-state index is 14.4. The zero-order valence-corrected chi connectivity index (χ0v) is 40.6. The van der Waals surface area contributed by atoms with Crippen molar-refractivity contribution in [2.45, 2.75) is 180 Å². The minimum atomic E-state index is -2.43. The van der Waals surface area contributed by atoms with E-state index >= 15 is 0 Å². The number of piperidine rings is 1. The van der Waals surface area contributed by atoms with Crippen LogP contribution in [0, 0.1) is 35.5 Å². The zero-order valence-electron chi connectivity index (χ0n) is 40.6. The Morgan fingerprint density at radius 3 is 2.25 bits per heavy atom. The quantitative estimate of drug-likeness (QED) is 0.156. The number of methoxy groups -OCH3 is 3. The van der Waals surface area contributed by atoms with Crippen molar-refractivity contribution >= 4 is 29.2 Å². The van der Waals surface area contributed by atoms with Gasteiger partial charge in [-0.3, -0.25) is 19.2 Å². The van der Waals surface area contributed by atoms with Gasteiger partial charge in [-0.25, -0.2) is 4.79 Å². The molecule has 1 aliphatic carbocycles. The maximum Gasteiger partial charge on any atom is 0.329 e. The summed E-state index contributed by atoms with van der Waals surface area (Å²) in [5.41, 5.74) is 1.27. The summed E-state index contributed by atoms with van der Waals surface area (Å²) in [5, 5.41) is 33.8. The van der Waals surface area contributed by atoms with E-state index in [0.717, 1.165) is 12.0 Å². The molecule has 1 amide bonds. The van der Waals surface area contributed by atoms with Gasteiger partial charge in [0.05, 0.1) is 24.4 Å². The maximum atomic E-state index is 14.4. The molecule has 0 radical (unpaired) electrons. The molecule has 14 heteroatoms. The molecule has 0 spiro atoms. The first-order valence-electron chi connectivity index (χ1n) is 23.9. The summed E-state index contributed by atoms with van der Waals surface area (Å²) >= 11 is 0. The first-order chi connectivity index (χ1) is 30.7. The number of Topliss-reactive ketones (excluding diaryl/α,β-unsaturated/α-hetero) is 3. The third-order valence-electron chi connectivity index (χ3n) is 14.5. The average Bonchev–Trinajstić information content (AvgIpc) is 3.28. The third-order valence-corrected chi connectivity index (χ3v) is 14.5. The SMILES string of the molecule is CO[C@H]1C[C@@H]2CC[C@@H](C)C(O)(O2)C(=O)C(=O)N2CCCC[C@H]2C(=O)O[C@H]([C@H](C)C[C@@H]2CC[C@@H](O)[C@H](OC)C2)CC(=O)[C@H](C)/C=C(\C)C(O)[C@@H](OC)C(=O)[C@H](C)C[C@H](C)/C=C/C=C/C=C/1C. The Balaban J connectivity index is 1.70. The number of carbonyl (C=O) groups excluding carboxylic acids is 5. The standard InChI is InChI=1S/C51H79NO13/c1-30-16-12-11-13-17-31(2)42(61-8)28-38-21-19-36(7)51(60,65-38)48(57)49(58)52-23-15-14-18-39(52)50(59)64-43(33(4)26-37-20-22-40(53)44(27-37)62-9)29-41(54)32(3)25-35(6)46(56)47(63-10)45(55)34(5)24-30/h11-13,16-17,25,30,32-34,36-40,42-44,46-47,53,56,60H,14-15,18-24,26-29H2,1-10H3/b13-11+,16-12+,31-17+,35-25+/t30-,32-,33-,34-,36-,37+,38+,39+,40-,42+,43+,44-,46?,47+,51?/m1/s1. The number of allylic oxidation sites excluding steroid dienone is 6. The summed E-state index contributed by atoms with van der Waals surface area (Å²) in [6, 6.07) is -1.14. The number of ether oxygens (including phenoxy) is 5. The van der Waals surface area contributed by atoms with Crippen molar-refractivity contribution in [1.82, 2.24) is 4.90 Å². The molecular weight excluding hydrogens is 835 g/mol. The van der Waals surface area contributed by atoms with Crippen LogP contribution in [0.1, 0.15) is 126 Å². The Hall–Kier alpha value is -3.37. The summed E-state index contributed by atoms with van der Waals surface area (Å²) in [7, 11) is 4.52. The molecule has 2 bridgehead atoms. The molecule has 3 aliphatic heterocycles. The number of aliphatic hydroxyl groups excluding tert-OH is 2. The van der Waals surface area contributed by atoms with Crippen molar-refractivity contribution in [1.29, 1.82) is 0 Å². The number of esters is 1. The van der Waals surface area contributed by atoms with E-state index in [1.54, 1.807) is 41.1 Å². The van der Waals surface area contributed by atoms with Gasteiger partial charge in [-0.2, -0.15) is 0 Å². The van der Waals surface area contributed by atoms with Crippen molar-refractivity contribution in [2.24, 2.45) is 35.5 Å². The molecule has 2 unspecified atom stereocenters. The molecular formula is C51H79NO13. The predicted octanol–water partition coefficient (Wildman–Crippen LogP) is 6.18. The van der Waals surface area contributed by atoms with Gasteiger partial charge < -0.3 is 43.9 Å². The molecule has 3 heterocycles. The largest absolute Gasteiger partial charge is 0.460 e. The van der Waals surface area contributed by atoms with E-state index in [4.69, 9.17) is 23.7 Å². The molecule has 366 valence electrons. The molecule has 0 aromatic heterocycles. The Morgan fingerprint density at radius 1 is 0.846 bits per heavy atom. The summed E-state index contributed by atoms with van der Waals surface area (Å²) in [5.74, 6) is -7.96. The van der Waals surface area contributed by atoms with Gasteiger partial charge in [-0.05, 0) is 107 Å². The normalized spacial score (nSPS) is 40.4. The van der Waals surface area contributed by atoms with E-state index in [2.05, 4.69) is 0 Å². The molecule has 1 saturated carbocycles. The lowest BCUT2D eigenvalue weighted by Gasteiger charge is -2.42. The fourth-order valence-corrected chi connectivity index (χ4v) is 10.1. The van der Waals surface area contributed by atoms with E-state index in [-0.39, 0.29) is 54.8 Å². The number of rotatable bonds is 6. The number of ketones is 3. The molecule has 4 rings (SSSR count). The lowest BCUT2D eigenvalue weighted by Crippen LogP contribution is -2.61. The highest BCUT2D eigenvalue weighted by Crippen LogP contribution is 2.38. The predicted molar refractivity (Wildman–Crippen MR) is 245 cm³/mol. The number of carbonyl (C=O) groups is 5. The number of aliphatic hydroxyl groups is 3. The second-order valence-corrected chi connectivity index (χ2v) is 19.6. The van der Waals surface area contributed by atoms with Crippen LogP contribution in [0.25, 0.3) is 0 Å². The van der Waals surface area contributed by atoms with Crippen molar-refractivity contribution in [3.05, 3.63) is 47.6 Å². The fourth-order valence-electron chi connectivity index (χ4n) is 10.1. The molecule has 4 aliphatic rings. The highest BCUT2D eigenvalue weighted by Gasteiger charge is 2.53. The Labute approximate surface area is 387 Å². The lowest BCUT2D eigenvalue weighted by molar-refractivity contribution is -0.265. The van der Waals surface area contributed by atoms with Gasteiger partial charge in [0.25, 0.3) is 11.7 Å². The zero-order chi connectivity index (χ0) is 48.2. The summed E-state index contributed by atoms with van der Waals surface area (Å²) < 4.78 is 29.4. The van der Waals surface area contributed by atoms with Gasteiger partial charge in [-0.15, -0.1) is 0 Å². The summed E-state index contributed by atoms with van der Waals surface area (Å²) in [6.45, 7) is 12.7. The van der Waals surface area contributed by atoms with Crippen LogP contribution in [0.5, 0.6) is 0 Å². The van der Waals surface area contributed by atoms with E-state index in [1.165, 1.54) is 12.0 Å². The second-order valence-electron chi connectivity index (χ2n) is 19.6. The number of fused-ring (bicyclic) bond motifs is 3. The average molecular weight is 914 g/mol. The van der Waals surface area contributed by atoms with Crippen LogP contribution in [0.4, 0.5) is 0 Å². The molecule has 14 nitrogen and oxygen atoms in total. The Morgan fingerprint density at radius 2 is 1.57 bits per heavy atom. The van der Waals surface area contributed by atoms with Gasteiger partial charge in [0.2, 0.25) is 5.79 Å². The van der Waals surface area contributed by atoms with E-state index in [1.807, 2.05) is 58.1 Å². The highest BCUT2D eigenvalue weighted by molar-refractivity contribution is 6.39.